The maximum atomic E-state index is 12.9. The van der Waals surface area contributed by atoms with Crippen LogP contribution >= 0.6 is 0 Å². The molecule has 2 aromatic rings. The van der Waals surface area contributed by atoms with Gasteiger partial charge in [0.25, 0.3) is 5.91 Å². The Balaban J connectivity index is 1.85. The molecule has 0 aliphatic carbocycles. The lowest BCUT2D eigenvalue weighted by Crippen LogP contribution is -2.40. The van der Waals surface area contributed by atoms with E-state index >= 15 is 0 Å². The molecule has 1 saturated heterocycles. The highest BCUT2D eigenvalue weighted by molar-refractivity contribution is 5.96. The third-order valence-corrected chi connectivity index (χ3v) is 5.46. The van der Waals surface area contributed by atoms with Crippen molar-refractivity contribution in [1.82, 2.24) is 9.88 Å². The summed E-state index contributed by atoms with van der Waals surface area (Å²) < 4.78 is 0. The van der Waals surface area contributed by atoms with Gasteiger partial charge in [-0.25, -0.2) is 0 Å². The molecule has 1 atom stereocenters. The Kier molecular flexibility index (Phi) is 4.81. The van der Waals surface area contributed by atoms with E-state index in [1.54, 1.807) is 17.3 Å². The maximum absolute atomic E-state index is 12.9. The average molecular weight is 352 g/mol. The quantitative estimate of drug-likeness (QED) is 0.912. The van der Waals surface area contributed by atoms with E-state index in [2.05, 4.69) is 11.1 Å². The Labute approximate surface area is 153 Å². The van der Waals surface area contributed by atoms with E-state index in [-0.39, 0.29) is 18.4 Å². The highest BCUT2D eigenvalue weighted by Crippen LogP contribution is 2.38. The highest BCUT2D eigenvalue weighted by Gasteiger charge is 2.48. The normalized spacial score (nSPS) is 19.8. The lowest BCUT2D eigenvalue weighted by atomic mass is 9.76. The maximum Gasteiger partial charge on any atom is 0.311 e. The van der Waals surface area contributed by atoms with Crippen molar-refractivity contribution in [1.29, 1.82) is 0 Å². The molecule has 1 aromatic heterocycles. The van der Waals surface area contributed by atoms with Gasteiger partial charge in [-0.1, -0.05) is 43.7 Å². The number of pyridine rings is 1. The Morgan fingerprint density at radius 3 is 2.58 bits per heavy atom. The van der Waals surface area contributed by atoms with Crippen LogP contribution in [0, 0.1) is 18.3 Å². The van der Waals surface area contributed by atoms with Gasteiger partial charge in [-0.2, -0.15) is 0 Å². The first-order chi connectivity index (χ1) is 12.3. The van der Waals surface area contributed by atoms with E-state index in [4.69, 9.17) is 0 Å². The summed E-state index contributed by atoms with van der Waals surface area (Å²) in [6.45, 7) is 6.53. The fraction of sp³-hybridized carbons (Fsp3) is 0.381. The number of carbonyl (C=O) groups excluding carboxylic acids is 1. The SMILES string of the molecule is Cc1cccc(-c2cncc(C(=O)N3CCC(C(=O)O)(C(C)C)C3)c2)c1. The smallest absolute Gasteiger partial charge is 0.311 e. The molecule has 5 heteroatoms. The number of hydrogen-bond acceptors (Lipinski definition) is 3. The lowest BCUT2D eigenvalue weighted by molar-refractivity contribution is -0.150. The topological polar surface area (TPSA) is 70.5 Å². The van der Waals surface area contributed by atoms with E-state index in [1.807, 2.05) is 45.0 Å². The molecule has 0 radical (unpaired) electrons. The minimum Gasteiger partial charge on any atom is -0.481 e. The molecule has 3 rings (SSSR count). The summed E-state index contributed by atoms with van der Waals surface area (Å²) in [4.78, 5) is 30.6. The minimum atomic E-state index is -0.864. The van der Waals surface area contributed by atoms with Crippen molar-refractivity contribution in [3.8, 4) is 11.1 Å². The predicted molar refractivity (Wildman–Crippen MR) is 99.8 cm³/mol. The summed E-state index contributed by atoms with van der Waals surface area (Å²) in [5.74, 6) is -1.01. The van der Waals surface area contributed by atoms with Gasteiger partial charge in [-0.15, -0.1) is 0 Å². The first kappa shape index (κ1) is 18.1. The van der Waals surface area contributed by atoms with Crippen molar-refractivity contribution in [2.45, 2.75) is 27.2 Å². The van der Waals surface area contributed by atoms with Gasteiger partial charge in [0.1, 0.15) is 0 Å². The van der Waals surface area contributed by atoms with Crippen LogP contribution in [0.25, 0.3) is 11.1 Å². The van der Waals surface area contributed by atoms with Gasteiger partial charge in [0, 0.05) is 31.0 Å². The van der Waals surface area contributed by atoms with Crippen molar-refractivity contribution in [2.75, 3.05) is 13.1 Å². The van der Waals surface area contributed by atoms with Crippen molar-refractivity contribution in [3.63, 3.8) is 0 Å². The van der Waals surface area contributed by atoms with Gasteiger partial charge in [0.15, 0.2) is 0 Å². The number of carboxylic acids is 1. The summed E-state index contributed by atoms with van der Waals surface area (Å²) in [7, 11) is 0. The Morgan fingerprint density at radius 1 is 1.19 bits per heavy atom. The van der Waals surface area contributed by atoms with Crippen molar-refractivity contribution >= 4 is 11.9 Å². The lowest BCUT2D eigenvalue weighted by Gasteiger charge is -2.28. The molecule has 1 unspecified atom stereocenters. The van der Waals surface area contributed by atoms with Crippen LogP contribution in [0.1, 0.15) is 36.2 Å². The Hall–Kier alpha value is -2.69. The van der Waals surface area contributed by atoms with E-state index in [0.717, 1.165) is 16.7 Å². The number of carboxylic acid groups (broad SMARTS) is 1. The monoisotopic (exact) mass is 352 g/mol. The molecule has 0 saturated carbocycles. The fourth-order valence-electron chi connectivity index (χ4n) is 3.62. The molecule has 1 amide bonds. The van der Waals surface area contributed by atoms with Crippen LogP contribution in [0.2, 0.25) is 0 Å². The summed E-state index contributed by atoms with van der Waals surface area (Å²) >= 11 is 0. The van der Waals surface area contributed by atoms with Crippen molar-refractivity contribution in [3.05, 3.63) is 53.9 Å². The number of amides is 1. The number of nitrogens with zero attached hydrogens (tertiary/aromatic N) is 2. The van der Waals surface area contributed by atoms with Gasteiger partial charge in [-0.05, 0) is 30.9 Å². The van der Waals surface area contributed by atoms with Crippen LogP contribution in [-0.4, -0.2) is 40.0 Å². The van der Waals surface area contributed by atoms with E-state index < -0.39 is 11.4 Å². The number of likely N-dealkylation sites (tertiary alicyclic amines) is 1. The van der Waals surface area contributed by atoms with Crippen LogP contribution in [0.15, 0.2) is 42.7 Å². The van der Waals surface area contributed by atoms with Crippen molar-refractivity contribution < 1.29 is 14.7 Å². The van der Waals surface area contributed by atoms with Gasteiger partial charge < -0.3 is 10.0 Å². The van der Waals surface area contributed by atoms with Gasteiger partial charge in [0.05, 0.1) is 11.0 Å². The van der Waals surface area contributed by atoms with E-state index in [9.17, 15) is 14.7 Å². The van der Waals surface area contributed by atoms with Gasteiger partial charge in [0.2, 0.25) is 0 Å². The first-order valence-corrected chi connectivity index (χ1v) is 8.88. The summed E-state index contributed by atoms with van der Waals surface area (Å²) in [6, 6.07) is 9.87. The largest absolute Gasteiger partial charge is 0.481 e. The second-order valence-electron chi connectivity index (χ2n) is 7.42. The van der Waals surface area contributed by atoms with Crippen LogP contribution in [0.3, 0.4) is 0 Å². The summed E-state index contributed by atoms with van der Waals surface area (Å²) in [5.41, 5.74) is 2.66. The molecule has 1 aliphatic heterocycles. The molecule has 1 N–H and O–H groups in total. The number of aromatic nitrogens is 1. The standard InChI is InChI=1S/C21H24N2O3/c1-14(2)21(20(25)26)7-8-23(13-21)19(24)18-10-17(11-22-12-18)16-6-4-5-15(3)9-16/h4-6,9-12,14H,7-8,13H2,1-3H3,(H,25,26). The third-order valence-electron chi connectivity index (χ3n) is 5.46. The zero-order valence-electron chi connectivity index (χ0n) is 15.4. The molecule has 1 aliphatic rings. The van der Waals surface area contributed by atoms with Gasteiger partial charge in [-0.3, -0.25) is 14.6 Å². The van der Waals surface area contributed by atoms with Crippen molar-refractivity contribution in [2.24, 2.45) is 11.3 Å². The molecular formula is C21H24N2O3. The third kappa shape index (κ3) is 3.21. The molecule has 136 valence electrons. The molecule has 1 fully saturated rings. The molecular weight excluding hydrogens is 328 g/mol. The second-order valence-corrected chi connectivity index (χ2v) is 7.42. The summed E-state index contributed by atoms with van der Waals surface area (Å²) in [6.07, 6.45) is 3.78. The van der Waals surface area contributed by atoms with Crippen LogP contribution in [-0.2, 0) is 4.79 Å². The predicted octanol–water partition coefficient (Wildman–Crippen LogP) is 3.63. The minimum absolute atomic E-state index is 0.0328. The van der Waals surface area contributed by atoms with Gasteiger partial charge >= 0.3 is 5.97 Å². The van der Waals surface area contributed by atoms with E-state index in [0.29, 0.717) is 18.5 Å². The number of aryl methyl sites for hydroxylation is 1. The van der Waals surface area contributed by atoms with Crippen LogP contribution < -0.4 is 0 Å². The Bertz CT molecular complexity index is 847. The zero-order valence-corrected chi connectivity index (χ0v) is 15.4. The number of carbonyl (C=O) groups is 2. The second kappa shape index (κ2) is 6.90. The number of benzene rings is 1. The average Bonchev–Trinajstić information content (AvgIpc) is 3.08. The zero-order chi connectivity index (χ0) is 18.9. The number of hydrogen-bond donors (Lipinski definition) is 1. The molecule has 5 nitrogen and oxygen atoms in total. The molecule has 0 bridgehead atoms. The molecule has 26 heavy (non-hydrogen) atoms. The Morgan fingerprint density at radius 2 is 1.96 bits per heavy atom. The fourth-order valence-corrected chi connectivity index (χ4v) is 3.62. The van der Waals surface area contributed by atoms with E-state index in [1.165, 1.54) is 0 Å². The first-order valence-electron chi connectivity index (χ1n) is 8.88. The molecule has 0 spiro atoms. The number of aliphatic carboxylic acids is 1. The van der Waals surface area contributed by atoms with Crippen LogP contribution in [0.4, 0.5) is 0 Å². The molecule has 1 aromatic carbocycles. The van der Waals surface area contributed by atoms with Crippen LogP contribution in [0.5, 0.6) is 0 Å². The molecule has 2 heterocycles. The summed E-state index contributed by atoms with van der Waals surface area (Å²) in [5, 5.41) is 9.67. The number of rotatable bonds is 4. The highest BCUT2D eigenvalue weighted by atomic mass is 16.4.